The van der Waals surface area contributed by atoms with Gasteiger partial charge in [-0.3, -0.25) is 4.90 Å². The Kier molecular flexibility index (Phi) is 6.89. The van der Waals surface area contributed by atoms with Gasteiger partial charge in [-0.2, -0.15) is 4.98 Å². The maximum absolute atomic E-state index is 10.7. The normalized spacial score (nSPS) is 16.1. The molecule has 3 heterocycles. The molecular weight excluding hydrogens is 448 g/mol. The second-order valence-corrected chi connectivity index (χ2v) is 8.77. The number of nitrogen functional groups attached to an aromatic ring is 1. The zero-order chi connectivity index (χ0) is 22.6. The third-order valence-corrected chi connectivity index (χ3v) is 6.18. The molecule has 2 aromatic heterocycles. The molecule has 1 saturated heterocycles. The molecule has 32 heavy (non-hydrogen) atoms. The van der Waals surface area contributed by atoms with Crippen LogP contribution >= 0.6 is 22.9 Å². The smallest absolute Gasteiger partial charge is 0.222 e. The average molecular weight is 471 g/mol. The monoisotopic (exact) mass is 470 g/mol. The van der Waals surface area contributed by atoms with Gasteiger partial charge in [0.15, 0.2) is 11.4 Å². The lowest BCUT2D eigenvalue weighted by Gasteiger charge is -2.27. The van der Waals surface area contributed by atoms with Crippen LogP contribution in [-0.4, -0.2) is 51.3 Å². The van der Waals surface area contributed by atoms with Crippen LogP contribution in [0.1, 0.15) is 23.1 Å². The van der Waals surface area contributed by atoms with E-state index in [1.807, 2.05) is 23.6 Å². The number of morpholine rings is 1. The van der Waals surface area contributed by atoms with Gasteiger partial charge in [-0.1, -0.05) is 29.5 Å². The van der Waals surface area contributed by atoms with E-state index in [-0.39, 0.29) is 5.95 Å². The molecule has 4 N–H and O–H groups in total. The van der Waals surface area contributed by atoms with Crippen molar-refractivity contribution in [3.63, 3.8) is 0 Å². The number of nitrogens with one attached hydrogen (secondary N) is 1. The standard InChI is InChI=1S/C22H23ClN6O2S/c1-22(30,20-25-6-11-32-20)5-4-15-2-3-16(14-29-7-9-31-10-8-29)18(12-15)27-19-17(23)13-26-21(24)28-19/h2-3,6,11-13,30H,7-10,14H2,1H3,(H3,24,26,27,28)/t22-/m1/s1. The van der Waals surface area contributed by atoms with Gasteiger partial charge >= 0.3 is 0 Å². The lowest BCUT2D eigenvalue weighted by Crippen LogP contribution is -2.35. The number of thiazole rings is 1. The van der Waals surface area contributed by atoms with Gasteiger partial charge < -0.3 is 20.9 Å². The van der Waals surface area contributed by atoms with E-state index in [1.165, 1.54) is 17.5 Å². The Bertz CT molecular complexity index is 1140. The highest BCUT2D eigenvalue weighted by molar-refractivity contribution is 7.09. The first-order valence-electron chi connectivity index (χ1n) is 10.0. The minimum atomic E-state index is -1.33. The number of aromatic nitrogens is 3. The first-order valence-corrected chi connectivity index (χ1v) is 11.3. The Morgan fingerprint density at radius 1 is 1.34 bits per heavy atom. The first kappa shape index (κ1) is 22.5. The van der Waals surface area contributed by atoms with Crippen LogP contribution in [0.15, 0.2) is 36.0 Å². The van der Waals surface area contributed by atoms with E-state index in [0.717, 1.165) is 36.4 Å². The molecule has 3 aromatic rings. The minimum Gasteiger partial charge on any atom is -0.379 e. The van der Waals surface area contributed by atoms with Crippen molar-refractivity contribution in [1.29, 1.82) is 0 Å². The molecule has 0 saturated carbocycles. The molecule has 8 nitrogen and oxygen atoms in total. The van der Waals surface area contributed by atoms with E-state index in [4.69, 9.17) is 22.1 Å². The maximum Gasteiger partial charge on any atom is 0.222 e. The minimum absolute atomic E-state index is 0.127. The van der Waals surface area contributed by atoms with Crippen molar-refractivity contribution >= 4 is 40.4 Å². The molecule has 0 spiro atoms. The first-order chi connectivity index (χ1) is 15.4. The van der Waals surface area contributed by atoms with Gasteiger partial charge in [-0.05, 0) is 24.6 Å². The Hall–Kier alpha value is -2.74. The second kappa shape index (κ2) is 9.81. The summed E-state index contributed by atoms with van der Waals surface area (Å²) >= 11 is 7.63. The van der Waals surface area contributed by atoms with E-state index in [9.17, 15) is 5.11 Å². The molecule has 10 heteroatoms. The van der Waals surface area contributed by atoms with E-state index < -0.39 is 5.60 Å². The van der Waals surface area contributed by atoms with E-state index in [2.05, 4.69) is 37.0 Å². The molecule has 0 aliphatic carbocycles. The van der Waals surface area contributed by atoms with Crippen LogP contribution in [0.4, 0.5) is 17.5 Å². The molecule has 1 aliphatic rings. The summed E-state index contributed by atoms with van der Waals surface area (Å²) in [7, 11) is 0. The molecule has 0 unspecified atom stereocenters. The summed E-state index contributed by atoms with van der Waals surface area (Å²) in [6.07, 6.45) is 3.11. The van der Waals surface area contributed by atoms with Crippen LogP contribution in [0.2, 0.25) is 5.02 Å². The predicted octanol–water partition coefficient (Wildman–Crippen LogP) is 3.00. The van der Waals surface area contributed by atoms with Crippen molar-refractivity contribution in [2.45, 2.75) is 19.1 Å². The lowest BCUT2D eigenvalue weighted by atomic mass is 10.1. The number of hydrogen-bond donors (Lipinski definition) is 3. The quantitative estimate of drug-likeness (QED) is 0.488. The van der Waals surface area contributed by atoms with Gasteiger partial charge in [0.2, 0.25) is 5.95 Å². The number of nitrogens with zero attached hydrogens (tertiary/aromatic N) is 4. The molecular formula is C22H23ClN6O2S. The number of aliphatic hydroxyl groups is 1. The number of benzene rings is 1. The number of nitrogens with two attached hydrogens (primary N) is 1. The summed E-state index contributed by atoms with van der Waals surface area (Å²) in [5, 5.41) is 16.7. The lowest BCUT2D eigenvalue weighted by molar-refractivity contribution is 0.0343. The van der Waals surface area contributed by atoms with Crippen molar-refractivity contribution < 1.29 is 9.84 Å². The van der Waals surface area contributed by atoms with Crippen LogP contribution in [0, 0.1) is 11.8 Å². The fourth-order valence-electron chi connectivity index (χ4n) is 3.22. The fourth-order valence-corrected chi connectivity index (χ4v) is 4.01. The van der Waals surface area contributed by atoms with Crippen LogP contribution in [-0.2, 0) is 16.9 Å². The SMILES string of the molecule is C[C@@](O)(C#Cc1ccc(CN2CCOCC2)c(Nc2nc(N)ncc2Cl)c1)c1nccs1. The zero-order valence-electron chi connectivity index (χ0n) is 17.5. The van der Waals surface area contributed by atoms with Gasteiger partial charge in [-0.15, -0.1) is 11.3 Å². The molecule has 1 atom stereocenters. The Balaban J connectivity index is 1.65. The topological polar surface area (TPSA) is 109 Å². The summed E-state index contributed by atoms with van der Waals surface area (Å²) in [6, 6.07) is 5.86. The summed E-state index contributed by atoms with van der Waals surface area (Å²) in [5.74, 6) is 6.52. The van der Waals surface area contributed by atoms with Crippen molar-refractivity contribution in [2.24, 2.45) is 0 Å². The van der Waals surface area contributed by atoms with Crippen molar-refractivity contribution in [1.82, 2.24) is 19.9 Å². The number of ether oxygens (including phenoxy) is 1. The molecule has 1 fully saturated rings. The highest BCUT2D eigenvalue weighted by Crippen LogP contribution is 2.28. The van der Waals surface area contributed by atoms with Crippen molar-refractivity contribution in [3.8, 4) is 11.8 Å². The Labute approximate surface area is 195 Å². The molecule has 4 rings (SSSR count). The van der Waals surface area contributed by atoms with E-state index in [1.54, 1.807) is 13.1 Å². The zero-order valence-corrected chi connectivity index (χ0v) is 19.1. The Morgan fingerprint density at radius 2 is 2.16 bits per heavy atom. The van der Waals surface area contributed by atoms with Gasteiger partial charge in [-0.25, -0.2) is 9.97 Å². The third-order valence-electron chi connectivity index (χ3n) is 4.92. The number of halogens is 1. The summed E-state index contributed by atoms with van der Waals surface area (Å²) in [5.41, 5.74) is 6.99. The summed E-state index contributed by atoms with van der Waals surface area (Å²) in [6.45, 7) is 5.51. The number of hydrogen-bond acceptors (Lipinski definition) is 9. The molecule has 0 amide bonds. The third kappa shape index (κ3) is 5.54. The van der Waals surface area contributed by atoms with Crippen LogP contribution in [0.25, 0.3) is 0 Å². The van der Waals surface area contributed by atoms with E-state index >= 15 is 0 Å². The summed E-state index contributed by atoms with van der Waals surface area (Å²) < 4.78 is 5.45. The maximum atomic E-state index is 10.7. The molecule has 1 aliphatic heterocycles. The largest absolute Gasteiger partial charge is 0.379 e. The van der Waals surface area contributed by atoms with Crippen LogP contribution in [0.5, 0.6) is 0 Å². The van der Waals surface area contributed by atoms with Gasteiger partial charge in [0.1, 0.15) is 10.0 Å². The van der Waals surface area contributed by atoms with E-state index in [0.29, 0.717) is 29.1 Å². The Morgan fingerprint density at radius 3 is 2.91 bits per heavy atom. The van der Waals surface area contributed by atoms with Crippen LogP contribution in [0.3, 0.4) is 0 Å². The van der Waals surface area contributed by atoms with Crippen molar-refractivity contribution in [3.05, 3.63) is 57.1 Å². The predicted molar refractivity (Wildman–Crippen MR) is 126 cm³/mol. The van der Waals surface area contributed by atoms with Gasteiger partial charge in [0, 0.05) is 42.5 Å². The highest BCUT2D eigenvalue weighted by atomic mass is 35.5. The van der Waals surface area contributed by atoms with Crippen molar-refractivity contribution in [2.75, 3.05) is 37.4 Å². The fraction of sp³-hybridized carbons (Fsp3) is 0.318. The number of anilines is 3. The average Bonchev–Trinajstić information content (AvgIpc) is 3.33. The molecule has 0 bridgehead atoms. The second-order valence-electron chi connectivity index (χ2n) is 7.47. The van der Waals surface area contributed by atoms with Crippen LogP contribution < -0.4 is 11.1 Å². The summed E-state index contributed by atoms with van der Waals surface area (Å²) in [4.78, 5) is 14.6. The number of rotatable bonds is 5. The van der Waals surface area contributed by atoms with Gasteiger partial charge in [0.05, 0.1) is 19.4 Å². The molecule has 0 radical (unpaired) electrons. The highest BCUT2D eigenvalue weighted by Gasteiger charge is 2.23. The molecule has 166 valence electrons. The van der Waals surface area contributed by atoms with Gasteiger partial charge in [0.25, 0.3) is 0 Å². The molecule has 1 aromatic carbocycles.